The van der Waals surface area contributed by atoms with Gasteiger partial charge in [0.2, 0.25) is 0 Å². The van der Waals surface area contributed by atoms with Crippen LogP contribution in [0, 0.1) is 6.92 Å². The van der Waals surface area contributed by atoms with Gasteiger partial charge in [0.1, 0.15) is 0 Å². The van der Waals surface area contributed by atoms with E-state index >= 15 is 0 Å². The topological polar surface area (TPSA) is 17.8 Å². The molecule has 0 atom stereocenters. The Hall–Kier alpha value is -1.27. The largest absolute Gasteiger partial charge is 0.240 e. The molecule has 0 saturated carbocycles. The Bertz CT molecular complexity index is 241. The molecule has 0 fully saturated rings. The molecule has 0 bridgehead atoms. The van der Waals surface area contributed by atoms with Gasteiger partial charge in [0.15, 0.2) is 0 Å². The van der Waals surface area contributed by atoms with Gasteiger partial charge in [-0.3, -0.25) is 0 Å². The van der Waals surface area contributed by atoms with Crippen molar-refractivity contribution in [1.29, 1.82) is 0 Å². The van der Waals surface area contributed by atoms with Crippen LogP contribution in [0.25, 0.3) is 6.20 Å². The van der Waals surface area contributed by atoms with Crippen molar-refractivity contribution >= 4 is 6.20 Å². The normalized spacial score (nSPS) is 8.56. The Morgan fingerprint density at radius 3 is 3.11 bits per heavy atom. The quantitative estimate of drug-likeness (QED) is 0.513. The van der Waals surface area contributed by atoms with Gasteiger partial charge >= 0.3 is 0 Å². The maximum Gasteiger partial charge on any atom is 0.0696 e. The van der Waals surface area contributed by atoms with Crippen molar-refractivity contribution in [3.05, 3.63) is 30.3 Å². The maximum atomic E-state index is 4.06. The molecule has 0 radical (unpaired) electrons. The first-order valence-electron chi connectivity index (χ1n) is 2.70. The van der Waals surface area contributed by atoms with Gasteiger partial charge < -0.3 is 0 Å². The number of nitrogens with zero attached hydrogens (tertiary/aromatic N) is 2. The predicted molar refractivity (Wildman–Crippen MR) is 36.9 cm³/mol. The van der Waals surface area contributed by atoms with Crippen LogP contribution in [0.1, 0.15) is 5.69 Å². The zero-order chi connectivity index (χ0) is 6.69. The summed E-state index contributed by atoms with van der Waals surface area (Å²) in [6.07, 6.45) is 3.53. The van der Waals surface area contributed by atoms with Crippen molar-refractivity contribution in [1.82, 2.24) is 9.78 Å². The van der Waals surface area contributed by atoms with Crippen molar-refractivity contribution in [2.45, 2.75) is 6.92 Å². The van der Waals surface area contributed by atoms with Gasteiger partial charge in [-0.2, -0.15) is 5.10 Å². The van der Waals surface area contributed by atoms with Gasteiger partial charge in [-0.15, -0.1) is 5.73 Å². The second kappa shape index (κ2) is 2.33. The van der Waals surface area contributed by atoms with E-state index in [1.54, 1.807) is 10.9 Å². The third-order valence-corrected chi connectivity index (χ3v) is 0.965. The molecule has 9 heavy (non-hydrogen) atoms. The molecular weight excluding hydrogens is 112 g/mol. The standard InChI is InChI=1S/C7H8N2/c1-3-5-9-6-4-7(2)8-9/h4-6H,1H2,2H3. The van der Waals surface area contributed by atoms with Crippen LogP contribution in [0.4, 0.5) is 0 Å². The third kappa shape index (κ3) is 1.31. The van der Waals surface area contributed by atoms with Crippen molar-refractivity contribution in [3.8, 4) is 0 Å². The molecule has 2 heteroatoms. The summed E-state index contributed by atoms with van der Waals surface area (Å²) < 4.78 is 1.67. The molecule has 0 aromatic carbocycles. The maximum absolute atomic E-state index is 4.06. The Kier molecular flexibility index (Phi) is 1.52. The monoisotopic (exact) mass is 120 g/mol. The lowest BCUT2D eigenvalue weighted by Crippen LogP contribution is -1.84. The van der Waals surface area contributed by atoms with Crippen LogP contribution in [0.5, 0.6) is 0 Å². The van der Waals surface area contributed by atoms with E-state index in [1.807, 2.05) is 19.2 Å². The fraction of sp³-hybridized carbons (Fsp3) is 0.143. The molecule has 2 nitrogen and oxygen atoms in total. The number of rotatable bonds is 1. The van der Waals surface area contributed by atoms with Crippen LogP contribution in [0.2, 0.25) is 0 Å². The van der Waals surface area contributed by atoms with E-state index in [2.05, 4.69) is 17.4 Å². The molecule has 46 valence electrons. The van der Waals surface area contributed by atoms with Gasteiger partial charge in [-0.25, -0.2) is 4.68 Å². The molecule has 0 aliphatic carbocycles. The average Bonchev–Trinajstić information content (AvgIpc) is 2.17. The van der Waals surface area contributed by atoms with Crippen molar-refractivity contribution in [2.75, 3.05) is 0 Å². The van der Waals surface area contributed by atoms with Crippen molar-refractivity contribution < 1.29 is 0 Å². The Balaban J connectivity index is 2.97. The molecule has 1 aromatic rings. The molecule has 0 amide bonds. The molecule has 0 aliphatic heterocycles. The highest BCUT2D eigenvalue weighted by atomic mass is 15.3. The lowest BCUT2D eigenvalue weighted by molar-refractivity contribution is 0.913. The van der Waals surface area contributed by atoms with Crippen LogP contribution in [0.3, 0.4) is 0 Å². The van der Waals surface area contributed by atoms with Gasteiger partial charge in [-0.1, -0.05) is 6.58 Å². The molecular formula is C7H8N2. The zero-order valence-corrected chi connectivity index (χ0v) is 5.33. The fourth-order valence-corrected chi connectivity index (χ4v) is 0.598. The molecule has 0 N–H and O–H groups in total. The summed E-state index contributed by atoms with van der Waals surface area (Å²) in [6, 6.07) is 1.92. The van der Waals surface area contributed by atoms with Crippen molar-refractivity contribution in [2.24, 2.45) is 0 Å². The Morgan fingerprint density at radius 2 is 2.67 bits per heavy atom. The molecule has 1 rings (SSSR count). The SMILES string of the molecule is C=C=Cn1ccc(C)n1. The first-order valence-corrected chi connectivity index (χ1v) is 2.70. The molecule has 1 aromatic heterocycles. The highest BCUT2D eigenvalue weighted by molar-refractivity contribution is 5.18. The van der Waals surface area contributed by atoms with E-state index in [0.29, 0.717) is 0 Å². The molecule has 0 unspecified atom stereocenters. The van der Waals surface area contributed by atoms with E-state index in [0.717, 1.165) is 5.69 Å². The first kappa shape index (κ1) is 5.86. The van der Waals surface area contributed by atoms with Crippen LogP contribution in [0.15, 0.2) is 24.6 Å². The lowest BCUT2D eigenvalue weighted by Gasteiger charge is -1.82. The minimum absolute atomic E-state index is 1.00. The smallest absolute Gasteiger partial charge is 0.0696 e. The summed E-state index contributed by atoms with van der Waals surface area (Å²) in [7, 11) is 0. The Labute approximate surface area is 54.1 Å². The summed E-state index contributed by atoms with van der Waals surface area (Å²) in [5.74, 6) is 0. The van der Waals surface area contributed by atoms with Gasteiger partial charge in [0.25, 0.3) is 0 Å². The summed E-state index contributed by atoms with van der Waals surface area (Å²) in [4.78, 5) is 0. The van der Waals surface area contributed by atoms with Gasteiger partial charge in [0.05, 0.1) is 11.9 Å². The third-order valence-electron chi connectivity index (χ3n) is 0.965. The molecule has 0 saturated heterocycles. The predicted octanol–water partition coefficient (Wildman–Crippen LogP) is 1.45. The van der Waals surface area contributed by atoms with Crippen LogP contribution < -0.4 is 0 Å². The van der Waals surface area contributed by atoms with E-state index in [1.165, 1.54) is 0 Å². The van der Waals surface area contributed by atoms with Gasteiger partial charge in [0, 0.05) is 6.20 Å². The number of hydrogen-bond donors (Lipinski definition) is 0. The molecule has 0 aliphatic rings. The second-order valence-corrected chi connectivity index (χ2v) is 1.77. The van der Waals surface area contributed by atoms with E-state index in [9.17, 15) is 0 Å². The minimum atomic E-state index is 1.00. The minimum Gasteiger partial charge on any atom is -0.240 e. The summed E-state index contributed by atoms with van der Waals surface area (Å²) in [5.41, 5.74) is 3.62. The van der Waals surface area contributed by atoms with Gasteiger partial charge in [-0.05, 0) is 13.0 Å². The van der Waals surface area contributed by atoms with Crippen LogP contribution in [-0.2, 0) is 0 Å². The number of aryl methyl sites for hydroxylation is 1. The summed E-state index contributed by atoms with van der Waals surface area (Å²) >= 11 is 0. The number of aromatic nitrogens is 2. The van der Waals surface area contributed by atoms with E-state index in [4.69, 9.17) is 0 Å². The molecule has 0 spiro atoms. The average molecular weight is 120 g/mol. The lowest BCUT2D eigenvalue weighted by atomic mass is 10.5. The van der Waals surface area contributed by atoms with Crippen LogP contribution in [-0.4, -0.2) is 9.78 Å². The summed E-state index contributed by atoms with van der Waals surface area (Å²) in [5, 5.41) is 4.06. The zero-order valence-electron chi connectivity index (χ0n) is 5.33. The molecule has 1 heterocycles. The summed E-state index contributed by atoms with van der Waals surface area (Å²) in [6.45, 7) is 5.36. The highest BCUT2D eigenvalue weighted by Crippen LogP contribution is 1.91. The Morgan fingerprint density at radius 1 is 1.89 bits per heavy atom. The van der Waals surface area contributed by atoms with Crippen LogP contribution >= 0.6 is 0 Å². The number of hydrogen-bond acceptors (Lipinski definition) is 1. The van der Waals surface area contributed by atoms with E-state index in [-0.39, 0.29) is 0 Å². The first-order chi connectivity index (χ1) is 4.33. The fourth-order valence-electron chi connectivity index (χ4n) is 0.598. The van der Waals surface area contributed by atoms with E-state index < -0.39 is 0 Å². The van der Waals surface area contributed by atoms with Crippen molar-refractivity contribution in [3.63, 3.8) is 0 Å². The highest BCUT2D eigenvalue weighted by Gasteiger charge is 1.84. The second-order valence-electron chi connectivity index (χ2n) is 1.77.